The molecule has 0 aliphatic heterocycles. The summed E-state index contributed by atoms with van der Waals surface area (Å²) in [6, 6.07) is 10.2. The summed E-state index contributed by atoms with van der Waals surface area (Å²) in [5.41, 5.74) is 6.87. The highest BCUT2D eigenvalue weighted by Gasteiger charge is 2.00. The molecule has 0 amide bonds. The summed E-state index contributed by atoms with van der Waals surface area (Å²) in [5.74, 6) is -0.274. The first kappa shape index (κ1) is 15.0. The lowest BCUT2D eigenvalue weighted by Crippen LogP contribution is -2.33. The van der Waals surface area contributed by atoms with E-state index in [1.807, 2.05) is 30.1 Å². The number of aliphatic imine (C=N–C) groups is 1. The molecule has 0 spiro atoms. The SMILES string of the molecule is CC(=O)O.CN=C(N)N(C)Cc1ccccc1. The largest absolute Gasteiger partial charge is 0.481 e. The van der Waals surface area contributed by atoms with Gasteiger partial charge in [0.05, 0.1) is 0 Å². The number of hydrogen-bond donors (Lipinski definition) is 2. The van der Waals surface area contributed by atoms with E-state index in [4.69, 9.17) is 15.6 Å². The van der Waals surface area contributed by atoms with Crippen molar-refractivity contribution in [2.45, 2.75) is 13.5 Å². The Hall–Kier alpha value is -2.04. The minimum atomic E-state index is -0.833. The fraction of sp³-hybridized carbons (Fsp3) is 0.333. The number of nitrogens with two attached hydrogens (primary N) is 1. The zero-order valence-corrected chi connectivity index (χ0v) is 10.4. The van der Waals surface area contributed by atoms with Crippen molar-refractivity contribution in [3.63, 3.8) is 0 Å². The third kappa shape index (κ3) is 7.84. The quantitative estimate of drug-likeness (QED) is 0.597. The highest BCUT2D eigenvalue weighted by atomic mass is 16.4. The van der Waals surface area contributed by atoms with Gasteiger partial charge in [-0.3, -0.25) is 9.79 Å². The average molecular weight is 237 g/mol. The molecule has 0 atom stereocenters. The molecule has 0 heterocycles. The summed E-state index contributed by atoms with van der Waals surface area (Å²) < 4.78 is 0. The van der Waals surface area contributed by atoms with Gasteiger partial charge in [-0.1, -0.05) is 30.3 Å². The van der Waals surface area contributed by atoms with Crippen molar-refractivity contribution >= 4 is 11.9 Å². The second-order valence-electron chi connectivity index (χ2n) is 3.44. The van der Waals surface area contributed by atoms with Crippen molar-refractivity contribution in [1.82, 2.24) is 4.90 Å². The predicted molar refractivity (Wildman–Crippen MR) is 68.8 cm³/mol. The molecular formula is C12H19N3O2. The monoisotopic (exact) mass is 237 g/mol. The molecule has 0 saturated heterocycles. The molecule has 3 N–H and O–H groups in total. The van der Waals surface area contributed by atoms with Crippen LogP contribution in [-0.2, 0) is 11.3 Å². The third-order valence-corrected chi connectivity index (χ3v) is 1.88. The highest BCUT2D eigenvalue weighted by Crippen LogP contribution is 2.01. The molecule has 0 aromatic heterocycles. The molecular weight excluding hydrogens is 218 g/mol. The number of nitrogens with zero attached hydrogens (tertiary/aromatic N) is 2. The first-order valence-electron chi connectivity index (χ1n) is 5.14. The first-order valence-corrected chi connectivity index (χ1v) is 5.14. The molecule has 0 aliphatic carbocycles. The Morgan fingerprint density at radius 3 is 2.29 bits per heavy atom. The van der Waals surface area contributed by atoms with Crippen LogP contribution in [0.5, 0.6) is 0 Å². The van der Waals surface area contributed by atoms with Gasteiger partial charge >= 0.3 is 0 Å². The summed E-state index contributed by atoms with van der Waals surface area (Å²) >= 11 is 0. The van der Waals surface area contributed by atoms with Crippen molar-refractivity contribution in [2.24, 2.45) is 10.7 Å². The highest BCUT2D eigenvalue weighted by molar-refractivity contribution is 5.77. The van der Waals surface area contributed by atoms with E-state index in [0.29, 0.717) is 5.96 Å². The number of hydrogen-bond acceptors (Lipinski definition) is 2. The molecule has 5 heteroatoms. The lowest BCUT2D eigenvalue weighted by molar-refractivity contribution is -0.134. The van der Waals surface area contributed by atoms with Crippen LogP contribution < -0.4 is 5.73 Å². The first-order chi connectivity index (χ1) is 7.97. The lowest BCUT2D eigenvalue weighted by Gasteiger charge is -2.17. The van der Waals surface area contributed by atoms with Crippen molar-refractivity contribution < 1.29 is 9.90 Å². The van der Waals surface area contributed by atoms with E-state index in [1.54, 1.807) is 7.05 Å². The van der Waals surface area contributed by atoms with Gasteiger partial charge in [0.1, 0.15) is 0 Å². The van der Waals surface area contributed by atoms with E-state index in [-0.39, 0.29) is 0 Å². The normalized spacial score (nSPS) is 10.2. The van der Waals surface area contributed by atoms with Gasteiger partial charge in [-0.2, -0.15) is 0 Å². The molecule has 1 rings (SSSR count). The van der Waals surface area contributed by atoms with Crippen LogP contribution >= 0.6 is 0 Å². The summed E-state index contributed by atoms with van der Waals surface area (Å²) in [6.45, 7) is 1.88. The molecule has 0 bridgehead atoms. The van der Waals surface area contributed by atoms with Crippen LogP contribution in [0.1, 0.15) is 12.5 Å². The molecule has 0 unspecified atom stereocenters. The van der Waals surface area contributed by atoms with Crippen LogP contribution in [0.15, 0.2) is 35.3 Å². The number of carboxylic acids is 1. The average Bonchev–Trinajstić information content (AvgIpc) is 2.28. The minimum absolute atomic E-state index is 0.559. The number of benzene rings is 1. The van der Waals surface area contributed by atoms with Crippen LogP contribution in [0.4, 0.5) is 0 Å². The van der Waals surface area contributed by atoms with Crippen molar-refractivity contribution in [3.05, 3.63) is 35.9 Å². The molecule has 1 aromatic carbocycles. The number of aliphatic carboxylic acids is 1. The van der Waals surface area contributed by atoms with Crippen LogP contribution in [-0.4, -0.2) is 36.0 Å². The van der Waals surface area contributed by atoms with Crippen molar-refractivity contribution in [3.8, 4) is 0 Å². The maximum absolute atomic E-state index is 9.00. The maximum atomic E-state index is 9.00. The molecule has 0 saturated carbocycles. The Kier molecular flexibility index (Phi) is 7.17. The summed E-state index contributed by atoms with van der Waals surface area (Å²) in [7, 11) is 3.62. The molecule has 5 nitrogen and oxygen atoms in total. The molecule has 94 valence electrons. The Morgan fingerprint density at radius 2 is 1.88 bits per heavy atom. The Balaban J connectivity index is 0.000000557. The van der Waals surface area contributed by atoms with Gasteiger partial charge in [0, 0.05) is 27.6 Å². The molecule has 0 radical (unpaired) electrons. The third-order valence-electron chi connectivity index (χ3n) is 1.88. The van der Waals surface area contributed by atoms with Gasteiger partial charge in [0.25, 0.3) is 5.97 Å². The Labute approximate surface area is 102 Å². The topological polar surface area (TPSA) is 78.9 Å². The van der Waals surface area contributed by atoms with Gasteiger partial charge in [0.2, 0.25) is 0 Å². The van der Waals surface area contributed by atoms with E-state index in [2.05, 4.69) is 17.1 Å². The number of carbonyl (C=O) groups is 1. The number of rotatable bonds is 2. The van der Waals surface area contributed by atoms with Gasteiger partial charge in [-0.15, -0.1) is 0 Å². The fourth-order valence-corrected chi connectivity index (χ4v) is 1.11. The van der Waals surface area contributed by atoms with Crippen LogP contribution in [0.3, 0.4) is 0 Å². The van der Waals surface area contributed by atoms with E-state index in [1.165, 1.54) is 5.56 Å². The van der Waals surface area contributed by atoms with E-state index in [0.717, 1.165) is 13.5 Å². The van der Waals surface area contributed by atoms with Gasteiger partial charge in [-0.05, 0) is 5.56 Å². The van der Waals surface area contributed by atoms with Gasteiger partial charge in [0.15, 0.2) is 5.96 Å². The van der Waals surface area contributed by atoms with Gasteiger partial charge in [-0.25, -0.2) is 0 Å². The maximum Gasteiger partial charge on any atom is 0.300 e. The second kappa shape index (κ2) is 8.15. The van der Waals surface area contributed by atoms with E-state index < -0.39 is 5.97 Å². The Morgan fingerprint density at radius 1 is 1.41 bits per heavy atom. The smallest absolute Gasteiger partial charge is 0.300 e. The molecule has 0 aliphatic rings. The van der Waals surface area contributed by atoms with Crippen LogP contribution in [0.2, 0.25) is 0 Å². The molecule has 1 aromatic rings. The van der Waals surface area contributed by atoms with Crippen molar-refractivity contribution in [1.29, 1.82) is 0 Å². The van der Waals surface area contributed by atoms with E-state index >= 15 is 0 Å². The molecule has 17 heavy (non-hydrogen) atoms. The van der Waals surface area contributed by atoms with Crippen LogP contribution in [0.25, 0.3) is 0 Å². The summed E-state index contributed by atoms with van der Waals surface area (Å²) in [4.78, 5) is 14.8. The zero-order valence-electron chi connectivity index (χ0n) is 10.4. The standard InChI is InChI=1S/C10H15N3.C2H4O2/c1-12-10(11)13(2)8-9-6-4-3-5-7-9;1-2(3)4/h3-7H,8H2,1-2H3,(H2,11,12);1H3,(H,3,4). The Bertz CT molecular complexity index is 359. The number of carboxylic acid groups (broad SMARTS) is 1. The van der Waals surface area contributed by atoms with E-state index in [9.17, 15) is 0 Å². The lowest BCUT2D eigenvalue weighted by atomic mass is 10.2. The van der Waals surface area contributed by atoms with Crippen molar-refractivity contribution in [2.75, 3.05) is 14.1 Å². The zero-order chi connectivity index (χ0) is 13.3. The summed E-state index contributed by atoms with van der Waals surface area (Å²) in [5, 5.41) is 7.42. The summed E-state index contributed by atoms with van der Waals surface area (Å²) in [6.07, 6.45) is 0. The van der Waals surface area contributed by atoms with Crippen LogP contribution in [0, 0.1) is 0 Å². The predicted octanol–water partition coefficient (Wildman–Crippen LogP) is 1.15. The molecule has 0 fully saturated rings. The fourth-order valence-electron chi connectivity index (χ4n) is 1.11. The second-order valence-corrected chi connectivity index (χ2v) is 3.44. The van der Waals surface area contributed by atoms with Gasteiger partial charge < -0.3 is 15.7 Å². The number of guanidine groups is 1. The minimum Gasteiger partial charge on any atom is -0.481 e.